The second kappa shape index (κ2) is 4.80. The summed E-state index contributed by atoms with van der Waals surface area (Å²) in [5.74, 6) is 0.707. The summed E-state index contributed by atoms with van der Waals surface area (Å²) in [5.41, 5.74) is 0.669. The number of hydrogen-bond acceptors (Lipinski definition) is 3. The number of pyridine rings is 1. The number of anilines is 1. The molecule has 94 valence electrons. The van der Waals surface area contributed by atoms with Gasteiger partial charge in [-0.2, -0.15) is 0 Å². The van der Waals surface area contributed by atoms with Crippen molar-refractivity contribution in [3.8, 4) is 0 Å². The van der Waals surface area contributed by atoms with Gasteiger partial charge in [0.25, 0.3) is 5.56 Å². The first-order chi connectivity index (χ1) is 8.83. The maximum absolute atomic E-state index is 11.9. The van der Waals surface area contributed by atoms with Gasteiger partial charge in [0.2, 0.25) is 0 Å². The predicted molar refractivity (Wildman–Crippen MR) is 72.0 cm³/mol. The molecule has 1 saturated carbocycles. The standard InChI is InChI=1S/C14H17N3O/c18-14-10-12(15-11-6-2-1-3-7-11)16-13-8-4-5-9-17(13)14/h4-5,8-11,15H,1-3,6-7H2. The van der Waals surface area contributed by atoms with E-state index < -0.39 is 0 Å². The van der Waals surface area contributed by atoms with Crippen LogP contribution in [0.4, 0.5) is 5.82 Å². The van der Waals surface area contributed by atoms with Crippen molar-refractivity contribution in [1.82, 2.24) is 9.38 Å². The first-order valence-corrected chi connectivity index (χ1v) is 6.58. The average molecular weight is 243 g/mol. The molecule has 0 radical (unpaired) electrons. The van der Waals surface area contributed by atoms with Crippen molar-refractivity contribution >= 4 is 11.5 Å². The zero-order valence-corrected chi connectivity index (χ0v) is 10.3. The summed E-state index contributed by atoms with van der Waals surface area (Å²) in [6, 6.07) is 7.64. The van der Waals surface area contributed by atoms with Gasteiger partial charge in [0.15, 0.2) is 0 Å². The Bertz CT molecular complexity index is 599. The summed E-state index contributed by atoms with van der Waals surface area (Å²) in [6.45, 7) is 0. The van der Waals surface area contributed by atoms with Crippen LogP contribution in [0.1, 0.15) is 32.1 Å². The van der Waals surface area contributed by atoms with Crippen LogP contribution in [0.25, 0.3) is 5.65 Å². The largest absolute Gasteiger partial charge is 0.367 e. The van der Waals surface area contributed by atoms with Gasteiger partial charge in [-0.15, -0.1) is 0 Å². The number of aromatic nitrogens is 2. The summed E-state index contributed by atoms with van der Waals surface area (Å²) in [5, 5.41) is 3.39. The van der Waals surface area contributed by atoms with Crippen LogP contribution in [0, 0.1) is 0 Å². The highest BCUT2D eigenvalue weighted by Gasteiger charge is 2.13. The molecule has 2 aromatic heterocycles. The molecule has 1 N–H and O–H groups in total. The molecule has 4 nitrogen and oxygen atoms in total. The predicted octanol–water partition coefficient (Wildman–Crippen LogP) is 2.44. The molecule has 0 bridgehead atoms. The van der Waals surface area contributed by atoms with E-state index in [1.807, 2.05) is 18.2 Å². The Morgan fingerprint density at radius 2 is 2.06 bits per heavy atom. The van der Waals surface area contributed by atoms with Crippen LogP contribution in [0.15, 0.2) is 35.3 Å². The van der Waals surface area contributed by atoms with E-state index in [9.17, 15) is 4.79 Å². The maximum Gasteiger partial charge on any atom is 0.259 e. The molecule has 0 aromatic carbocycles. The Morgan fingerprint density at radius 1 is 1.22 bits per heavy atom. The number of nitrogens with one attached hydrogen (secondary N) is 1. The molecule has 18 heavy (non-hydrogen) atoms. The van der Waals surface area contributed by atoms with Crippen molar-refractivity contribution in [1.29, 1.82) is 0 Å². The molecule has 1 aliphatic rings. The highest BCUT2D eigenvalue weighted by molar-refractivity contribution is 5.46. The minimum Gasteiger partial charge on any atom is -0.367 e. The van der Waals surface area contributed by atoms with Gasteiger partial charge in [-0.1, -0.05) is 25.3 Å². The second-order valence-electron chi connectivity index (χ2n) is 4.89. The molecule has 2 heterocycles. The molecule has 0 unspecified atom stereocenters. The SMILES string of the molecule is O=c1cc(NC2CCCCC2)nc2ccccn12. The molecule has 0 spiro atoms. The van der Waals surface area contributed by atoms with E-state index >= 15 is 0 Å². The Morgan fingerprint density at radius 3 is 2.89 bits per heavy atom. The monoisotopic (exact) mass is 243 g/mol. The Hall–Kier alpha value is -1.84. The Labute approximate surface area is 106 Å². The van der Waals surface area contributed by atoms with Crippen LogP contribution < -0.4 is 10.9 Å². The minimum absolute atomic E-state index is 0.0288. The van der Waals surface area contributed by atoms with E-state index in [1.165, 1.54) is 32.1 Å². The van der Waals surface area contributed by atoms with Gasteiger partial charge >= 0.3 is 0 Å². The Kier molecular flexibility index (Phi) is 3.00. The van der Waals surface area contributed by atoms with E-state index in [-0.39, 0.29) is 5.56 Å². The van der Waals surface area contributed by atoms with Crippen LogP contribution in [0.5, 0.6) is 0 Å². The van der Waals surface area contributed by atoms with Gasteiger partial charge in [-0.05, 0) is 25.0 Å². The summed E-state index contributed by atoms with van der Waals surface area (Å²) >= 11 is 0. The lowest BCUT2D eigenvalue weighted by atomic mass is 9.95. The van der Waals surface area contributed by atoms with Crippen molar-refractivity contribution < 1.29 is 0 Å². The van der Waals surface area contributed by atoms with Gasteiger partial charge in [0.1, 0.15) is 11.5 Å². The van der Waals surface area contributed by atoms with Crippen molar-refractivity contribution in [3.05, 3.63) is 40.8 Å². The lowest BCUT2D eigenvalue weighted by Crippen LogP contribution is -2.24. The zero-order valence-electron chi connectivity index (χ0n) is 10.3. The van der Waals surface area contributed by atoms with Crippen LogP contribution >= 0.6 is 0 Å². The molecular weight excluding hydrogens is 226 g/mol. The second-order valence-corrected chi connectivity index (χ2v) is 4.89. The van der Waals surface area contributed by atoms with Crippen LogP contribution in [-0.2, 0) is 0 Å². The third-order valence-electron chi connectivity index (χ3n) is 3.53. The molecule has 3 rings (SSSR count). The first kappa shape index (κ1) is 11.3. The quantitative estimate of drug-likeness (QED) is 0.881. The summed E-state index contributed by atoms with van der Waals surface area (Å²) in [7, 11) is 0. The Balaban J connectivity index is 1.90. The summed E-state index contributed by atoms with van der Waals surface area (Å²) in [6.07, 6.45) is 7.96. The van der Waals surface area contributed by atoms with Crippen LogP contribution in [0.3, 0.4) is 0 Å². The third kappa shape index (κ3) is 2.23. The fraction of sp³-hybridized carbons (Fsp3) is 0.429. The lowest BCUT2D eigenvalue weighted by Gasteiger charge is -2.23. The fourth-order valence-electron chi connectivity index (χ4n) is 2.58. The van der Waals surface area contributed by atoms with Gasteiger partial charge in [-0.3, -0.25) is 9.20 Å². The number of nitrogens with zero attached hydrogens (tertiary/aromatic N) is 2. The third-order valence-corrected chi connectivity index (χ3v) is 3.53. The number of rotatable bonds is 2. The molecule has 4 heteroatoms. The molecule has 1 aliphatic carbocycles. The summed E-state index contributed by atoms with van der Waals surface area (Å²) < 4.78 is 1.56. The number of fused-ring (bicyclic) bond motifs is 1. The average Bonchev–Trinajstić information content (AvgIpc) is 2.40. The zero-order chi connectivity index (χ0) is 12.4. The van der Waals surface area contributed by atoms with E-state index in [1.54, 1.807) is 16.7 Å². The number of hydrogen-bond donors (Lipinski definition) is 1. The molecule has 0 atom stereocenters. The van der Waals surface area contributed by atoms with Gasteiger partial charge in [-0.25, -0.2) is 4.98 Å². The van der Waals surface area contributed by atoms with Gasteiger partial charge in [0, 0.05) is 18.3 Å². The van der Waals surface area contributed by atoms with Crippen LogP contribution in [0.2, 0.25) is 0 Å². The van der Waals surface area contributed by atoms with E-state index in [0.717, 1.165) is 0 Å². The van der Waals surface area contributed by atoms with Gasteiger partial charge < -0.3 is 5.32 Å². The van der Waals surface area contributed by atoms with Crippen molar-refractivity contribution in [2.24, 2.45) is 0 Å². The molecule has 0 amide bonds. The van der Waals surface area contributed by atoms with Crippen molar-refractivity contribution in [3.63, 3.8) is 0 Å². The van der Waals surface area contributed by atoms with Crippen LogP contribution in [-0.4, -0.2) is 15.4 Å². The normalized spacial score (nSPS) is 16.9. The topological polar surface area (TPSA) is 46.4 Å². The smallest absolute Gasteiger partial charge is 0.259 e. The molecule has 1 fully saturated rings. The molecule has 0 aliphatic heterocycles. The van der Waals surface area contributed by atoms with E-state index in [4.69, 9.17) is 0 Å². The maximum atomic E-state index is 11.9. The fourth-order valence-corrected chi connectivity index (χ4v) is 2.58. The highest BCUT2D eigenvalue weighted by atomic mass is 16.1. The molecule has 0 saturated heterocycles. The van der Waals surface area contributed by atoms with Gasteiger partial charge in [0.05, 0.1) is 0 Å². The van der Waals surface area contributed by atoms with E-state index in [2.05, 4.69) is 10.3 Å². The summed E-state index contributed by atoms with van der Waals surface area (Å²) in [4.78, 5) is 16.4. The van der Waals surface area contributed by atoms with Crippen molar-refractivity contribution in [2.45, 2.75) is 38.1 Å². The highest BCUT2D eigenvalue weighted by Crippen LogP contribution is 2.20. The minimum atomic E-state index is -0.0288. The molecular formula is C14H17N3O. The van der Waals surface area contributed by atoms with Crippen molar-refractivity contribution in [2.75, 3.05) is 5.32 Å². The lowest BCUT2D eigenvalue weighted by molar-refractivity contribution is 0.462. The molecule has 2 aromatic rings. The first-order valence-electron chi connectivity index (χ1n) is 6.58. The van der Waals surface area contributed by atoms with E-state index in [0.29, 0.717) is 17.5 Å².